The summed E-state index contributed by atoms with van der Waals surface area (Å²) in [6.07, 6.45) is 2.09. The number of fused-ring (bicyclic) bond motifs is 1. The molecule has 0 amide bonds. The highest BCUT2D eigenvalue weighted by Crippen LogP contribution is 2.26. The van der Waals surface area contributed by atoms with Crippen LogP contribution in [0.15, 0.2) is 48.7 Å². The molecule has 0 aliphatic carbocycles. The van der Waals surface area contributed by atoms with E-state index in [1.807, 2.05) is 13.0 Å². The summed E-state index contributed by atoms with van der Waals surface area (Å²) >= 11 is 0. The van der Waals surface area contributed by atoms with Crippen molar-refractivity contribution >= 4 is 5.65 Å². The fraction of sp³-hybridized carbons (Fsp3) is 0.350. The molecule has 1 atom stereocenters. The van der Waals surface area contributed by atoms with E-state index in [9.17, 15) is 0 Å². The zero-order valence-electron chi connectivity index (χ0n) is 14.3. The molecule has 1 aromatic carbocycles. The highest BCUT2D eigenvalue weighted by Gasteiger charge is 2.18. The topological polar surface area (TPSA) is 29.8 Å². The Morgan fingerprint density at radius 2 is 1.79 bits per heavy atom. The first-order valence-corrected chi connectivity index (χ1v) is 8.59. The summed E-state index contributed by atoms with van der Waals surface area (Å²) in [4.78, 5) is 7.04. The van der Waals surface area contributed by atoms with Gasteiger partial charge in [-0.3, -0.25) is 9.30 Å². The largest absolute Gasteiger partial charge is 0.379 e. The third kappa shape index (κ3) is 2.83. The first-order chi connectivity index (χ1) is 11.7. The van der Waals surface area contributed by atoms with Crippen LogP contribution in [0.1, 0.15) is 24.2 Å². The van der Waals surface area contributed by atoms with E-state index in [1.54, 1.807) is 0 Å². The SMILES string of the molecule is Cc1cn2c(-c3ccc(C(C)N4CCOCC4)cc3)cccc2n1. The summed E-state index contributed by atoms with van der Waals surface area (Å²) in [5, 5.41) is 0. The Hall–Kier alpha value is -2.17. The van der Waals surface area contributed by atoms with Gasteiger partial charge in [0.1, 0.15) is 5.65 Å². The number of benzene rings is 1. The summed E-state index contributed by atoms with van der Waals surface area (Å²) in [7, 11) is 0. The molecule has 3 heterocycles. The molecule has 4 heteroatoms. The fourth-order valence-electron chi connectivity index (χ4n) is 3.48. The van der Waals surface area contributed by atoms with Crippen LogP contribution in [0.5, 0.6) is 0 Å². The van der Waals surface area contributed by atoms with Gasteiger partial charge < -0.3 is 4.74 Å². The van der Waals surface area contributed by atoms with Crippen LogP contribution in [0.2, 0.25) is 0 Å². The number of aryl methyl sites for hydroxylation is 1. The van der Waals surface area contributed by atoms with Crippen molar-refractivity contribution in [1.29, 1.82) is 0 Å². The van der Waals surface area contributed by atoms with E-state index in [1.165, 1.54) is 16.8 Å². The maximum Gasteiger partial charge on any atom is 0.137 e. The number of rotatable bonds is 3. The quantitative estimate of drug-likeness (QED) is 0.737. The van der Waals surface area contributed by atoms with Gasteiger partial charge in [0, 0.05) is 25.3 Å². The highest BCUT2D eigenvalue weighted by molar-refractivity contribution is 5.64. The summed E-state index contributed by atoms with van der Waals surface area (Å²) in [6.45, 7) is 8.01. The Morgan fingerprint density at radius 3 is 2.54 bits per heavy atom. The van der Waals surface area contributed by atoms with Gasteiger partial charge in [0.2, 0.25) is 0 Å². The first-order valence-electron chi connectivity index (χ1n) is 8.59. The first kappa shape index (κ1) is 15.4. The highest BCUT2D eigenvalue weighted by atomic mass is 16.5. The molecule has 0 N–H and O–H groups in total. The van der Waals surface area contributed by atoms with Crippen molar-refractivity contribution in [3.05, 3.63) is 59.9 Å². The molecule has 1 aliphatic heterocycles. The van der Waals surface area contributed by atoms with E-state index in [0.29, 0.717) is 6.04 Å². The van der Waals surface area contributed by atoms with Crippen LogP contribution >= 0.6 is 0 Å². The van der Waals surface area contributed by atoms with Gasteiger partial charge in [-0.1, -0.05) is 30.3 Å². The van der Waals surface area contributed by atoms with Crippen molar-refractivity contribution in [2.75, 3.05) is 26.3 Å². The second-order valence-corrected chi connectivity index (χ2v) is 6.47. The second kappa shape index (κ2) is 6.38. The Morgan fingerprint density at radius 1 is 1.04 bits per heavy atom. The minimum Gasteiger partial charge on any atom is -0.379 e. The lowest BCUT2D eigenvalue weighted by Gasteiger charge is -2.32. The van der Waals surface area contributed by atoms with E-state index in [0.717, 1.165) is 37.6 Å². The van der Waals surface area contributed by atoms with E-state index >= 15 is 0 Å². The van der Waals surface area contributed by atoms with Crippen LogP contribution in [0.25, 0.3) is 16.9 Å². The van der Waals surface area contributed by atoms with E-state index in [-0.39, 0.29) is 0 Å². The molecule has 1 unspecified atom stereocenters. The predicted molar refractivity (Wildman–Crippen MR) is 96.2 cm³/mol. The fourth-order valence-corrected chi connectivity index (χ4v) is 3.48. The number of pyridine rings is 1. The number of aromatic nitrogens is 2. The average molecular weight is 321 g/mol. The van der Waals surface area contributed by atoms with Crippen molar-refractivity contribution in [1.82, 2.24) is 14.3 Å². The minimum absolute atomic E-state index is 0.425. The molecular formula is C20H23N3O. The smallest absolute Gasteiger partial charge is 0.137 e. The summed E-state index contributed by atoms with van der Waals surface area (Å²) in [5.41, 5.74) is 5.79. The molecule has 4 rings (SSSR count). The average Bonchev–Trinajstić information content (AvgIpc) is 3.02. The second-order valence-electron chi connectivity index (χ2n) is 6.47. The van der Waals surface area contributed by atoms with Crippen molar-refractivity contribution in [3.63, 3.8) is 0 Å². The van der Waals surface area contributed by atoms with Crippen molar-refractivity contribution in [2.24, 2.45) is 0 Å². The predicted octanol–water partition coefficient (Wildman–Crippen LogP) is 3.70. The number of hydrogen-bond acceptors (Lipinski definition) is 3. The summed E-state index contributed by atoms with van der Waals surface area (Å²) in [6, 6.07) is 15.6. The van der Waals surface area contributed by atoms with Gasteiger partial charge in [0.15, 0.2) is 0 Å². The van der Waals surface area contributed by atoms with Crippen molar-refractivity contribution < 1.29 is 4.74 Å². The van der Waals surface area contributed by atoms with E-state index < -0.39 is 0 Å². The number of hydrogen-bond donors (Lipinski definition) is 0. The van der Waals surface area contributed by atoms with Crippen molar-refractivity contribution in [3.8, 4) is 11.3 Å². The number of morpholine rings is 1. The molecule has 1 fully saturated rings. The zero-order chi connectivity index (χ0) is 16.5. The van der Waals surface area contributed by atoms with Gasteiger partial charge in [-0.15, -0.1) is 0 Å². The van der Waals surface area contributed by atoms with Crippen LogP contribution in [-0.4, -0.2) is 40.6 Å². The van der Waals surface area contributed by atoms with Gasteiger partial charge in [-0.2, -0.15) is 0 Å². The lowest BCUT2D eigenvalue weighted by atomic mass is 10.0. The maximum atomic E-state index is 5.46. The normalized spacial score (nSPS) is 17.2. The Bertz CT molecular complexity index is 832. The molecule has 124 valence electrons. The molecule has 0 spiro atoms. The number of imidazole rings is 1. The van der Waals surface area contributed by atoms with Gasteiger partial charge in [-0.25, -0.2) is 4.98 Å². The Labute approximate surface area is 142 Å². The molecule has 24 heavy (non-hydrogen) atoms. The van der Waals surface area contributed by atoms with E-state index in [4.69, 9.17) is 4.74 Å². The van der Waals surface area contributed by atoms with Gasteiger partial charge in [-0.05, 0) is 37.1 Å². The third-order valence-electron chi connectivity index (χ3n) is 4.89. The molecular weight excluding hydrogens is 298 g/mol. The number of ether oxygens (including phenoxy) is 1. The van der Waals surface area contributed by atoms with Gasteiger partial charge >= 0.3 is 0 Å². The number of nitrogens with zero attached hydrogens (tertiary/aromatic N) is 3. The minimum atomic E-state index is 0.425. The molecule has 2 aromatic heterocycles. The summed E-state index contributed by atoms with van der Waals surface area (Å²) < 4.78 is 7.62. The monoisotopic (exact) mass is 321 g/mol. The van der Waals surface area contributed by atoms with Crippen molar-refractivity contribution in [2.45, 2.75) is 19.9 Å². The molecule has 0 radical (unpaired) electrons. The molecule has 0 bridgehead atoms. The molecule has 0 saturated carbocycles. The van der Waals surface area contributed by atoms with Crippen LogP contribution in [0.3, 0.4) is 0 Å². The van der Waals surface area contributed by atoms with Gasteiger partial charge in [0.25, 0.3) is 0 Å². The molecule has 4 nitrogen and oxygen atoms in total. The summed E-state index contributed by atoms with van der Waals surface area (Å²) in [5.74, 6) is 0. The molecule has 3 aromatic rings. The third-order valence-corrected chi connectivity index (χ3v) is 4.89. The maximum absolute atomic E-state index is 5.46. The van der Waals surface area contributed by atoms with E-state index in [2.05, 4.69) is 63.8 Å². The zero-order valence-corrected chi connectivity index (χ0v) is 14.3. The molecule has 1 aliphatic rings. The van der Waals surface area contributed by atoms with Gasteiger partial charge in [0.05, 0.1) is 24.6 Å². The lowest BCUT2D eigenvalue weighted by Crippen LogP contribution is -2.37. The molecule has 1 saturated heterocycles. The standard InChI is InChI=1S/C20H23N3O/c1-15-14-23-19(4-3-5-20(23)21-15)18-8-6-17(7-9-18)16(2)22-10-12-24-13-11-22/h3-9,14,16H,10-13H2,1-2H3. The lowest BCUT2D eigenvalue weighted by molar-refractivity contribution is 0.0198. The van der Waals surface area contributed by atoms with Crippen LogP contribution in [-0.2, 0) is 4.74 Å². The van der Waals surface area contributed by atoms with Crippen LogP contribution in [0, 0.1) is 6.92 Å². The Balaban J connectivity index is 1.63. The van der Waals surface area contributed by atoms with Crippen LogP contribution < -0.4 is 0 Å². The Kier molecular flexibility index (Phi) is 4.08. The van der Waals surface area contributed by atoms with Crippen LogP contribution in [0.4, 0.5) is 0 Å².